The van der Waals surface area contributed by atoms with Crippen LogP contribution in [0.3, 0.4) is 0 Å². The van der Waals surface area contributed by atoms with Crippen LogP contribution in [0, 0.1) is 6.92 Å². The molecule has 1 aromatic carbocycles. The van der Waals surface area contributed by atoms with Crippen molar-refractivity contribution in [1.29, 1.82) is 0 Å². The van der Waals surface area contributed by atoms with Gasteiger partial charge in [0.15, 0.2) is 0 Å². The third kappa shape index (κ3) is 3.81. The molecule has 5 nitrogen and oxygen atoms in total. The van der Waals surface area contributed by atoms with Gasteiger partial charge in [0.1, 0.15) is 5.82 Å². The number of hydrogen-bond acceptors (Lipinski definition) is 5. The number of fused-ring (bicyclic) bond motifs is 3. The molecule has 2 fully saturated rings. The second kappa shape index (κ2) is 8.34. The van der Waals surface area contributed by atoms with Gasteiger partial charge in [-0.25, -0.2) is 9.97 Å². The minimum atomic E-state index is 0.319. The molecule has 6 heteroatoms. The van der Waals surface area contributed by atoms with Gasteiger partial charge in [-0.1, -0.05) is 18.2 Å². The molecule has 4 heterocycles. The van der Waals surface area contributed by atoms with E-state index in [0.717, 1.165) is 56.5 Å². The summed E-state index contributed by atoms with van der Waals surface area (Å²) in [6.07, 6.45) is 7.92. The molecule has 2 unspecified atom stereocenters. The third-order valence-corrected chi connectivity index (χ3v) is 7.44. The Morgan fingerprint density at radius 1 is 1.10 bits per heavy atom. The number of aryl methyl sites for hydroxylation is 2. The van der Waals surface area contributed by atoms with Crippen molar-refractivity contribution < 1.29 is 4.79 Å². The molecule has 2 atom stereocenters. The van der Waals surface area contributed by atoms with Crippen LogP contribution in [0.15, 0.2) is 42.0 Å². The Hall–Kier alpha value is -2.47. The van der Waals surface area contributed by atoms with E-state index in [0.29, 0.717) is 24.4 Å². The van der Waals surface area contributed by atoms with Crippen molar-refractivity contribution in [1.82, 2.24) is 14.9 Å². The molecule has 2 aliphatic rings. The first kappa shape index (κ1) is 19.5. The Bertz CT molecular complexity index is 1020. The molecule has 0 saturated carbocycles. The lowest BCUT2D eigenvalue weighted by molar-refractivity contribution is -0.132. The topological polar surface area (TPSA) is 49.3 Å². The number of carbonyl (C=O) groups is 1. The van der Waals surface area contributed by atoms with Crippen molar-refractivity contribution in [3.05, 3.63) is 53.2 Å². The molecule has 1 amide bonds. The first-order chi connectivity index (χ1) is 14.7. The van der Waals surface area contributed by atoms with Crippen molar-refractivity contribution in [2.75, 3.05) is 18.0 Å². The molecule has 2 aromatic heterocycles. The van der Waals surface area contributed by atoms with Gasteiger partial charge in [0.25, 0.3) is 0 Å². The summed E-state index contributed by atoms with van der Waals surface area (Å²) < 4.78 is 1.29. The normalized spacial score (nSPS) is 20.8. The second-order valence-corrected chi connectivity index (χ2v) is 9.46. The molecule has 2 saturated heterocycles. The standard InChI is InChI=1S/C24H28N4OS/c1-17-9-12-22(25-13-17)28-19-10-11-20(28)15-27(14-19)23(29)8-3-2-5-18-6-4-7-21-24(18)30-16-26-21/h4,6-7,9,12-13,16,19-20H,2-3,5,8,10-11,14-15H2,1H3. The maximum Gasteiger partial charge on any atom is 0.222 e. The van der Waals surface area contributed by atoms with E-state index in [1.807, 2.05) is 11.7 Å². The number of carbonyl (C=O) groups excluding carboxylic acids is 1. The summed E-state index contributed by atoms with van der Waals surface area (Å²) in [6, 6.07) is 11.4. The van der Waals surface area contributed by atoms with E-state index < -0.39 is 0 Å². The highest BCUT2D eigenvalue weighted by Crippen LogP contribution is 2.34. The highest BCUT2D eigenvalue weighted by molar-refractivity contribution is 7.16. The van der Waals surface area contributed by atoms with Gasteiger partial charge in [0.2, 0.25) is 5.91 Å². The van der Waals surface area contributed by atoms with E-state index in [1.165, 1.54) is 15.8 Å². The molecule has 3 aromatic rings. The Labute approximate surface area is 181 Å². The predicted molar refractivity (Wildman–Crippen MR) is 122 cm³/mol. The zero-order valence-electron chi connectivity index (χ0n) is 17.5. The van der Waals surface area contributed by atoms with Gasteiger partial charge < -0.3 is 9.80 Å². The summed E-state index contributed by atoms with van der Waals surface area (Å²) in [7, 11) is 0. The second-order valence-electron chi connectivity index (χ2n) is 8.61. The molecule has 0 aliphatic carbocycles. The summed E-state index contributed by atoms with van der Waals surface area (Å²) in [5, 5.41) is 0. The van der Waals surface area contributed by atoms with Gasteiger partial charge in [-0.2, -0.15) is 0 Å². The monoisotopic (exact) mass is 420 g/mol. The molecule has 30 heavy (non-hydrogen) atoms. The Balaban J connectivity index is 1.13. The highest BCUT2D eigenvalue weighted by Gasteiger charge is 2.41. The van der Waals surface area contributed by atoms with Crippen LogP contribution >= 0.6 is 11.3 Å². The van der Waals surface area contributed by atoms with E-state index in [1.54, 1.807) is 11.3 Å². The summed E-state index contributed by atoms with van der Waals surface area (Å²) in [5.41, 5.74) is 5.55. The fraction of sp³-hybridized carbons (Fsp3) is 0.458. The summed E-state index contributed by atoms with van der Waals surface area (Å²) in [4.78, 5) is 26.5. The quantitative estimate of drug-likeness (QED) is 0.547. The number of pyridine rings is 1. The van der Waals surface area contributed by atoms with Crippen molar-refractivity contribution in [3.63, 3.8) is 0 Å². The lowest BCUT2D eigenvalue weighted by Gasteiger charge is -2.42. The smallest absolute Gasteiger partial charge is 0.222 e. The van der Waals surface area contributed by atoms with Crippen LogP contribution in [0.2, 0.25) is 0 Å². The van der Waals surface area contributed by atoms with E-state index in [2.05, 4.69) is 57.0 Å². The number of thiazole rings is 1. The number of piperazine rings is 1. The minimum Gasteiger partial charge on any atom is -0.347 e. The van der Waals surface area contributed by atoms with Crippen LogP contribution in [0.4, 0.5) is 5.82 Å². The summed E-state index contributed by atoms with van der Waals surface area (Å²) >= 11 is 1.71. The number of hydrogen-bond donors (Lipinski definition) is 0. The summed E-state index contributed by atoms with van der Waals surface area (Å²) in [5.74, 6) is 1.39. The van der Waals surface area contributed by atoms with Crippen LogP contribution in [-0.4, -0.2) is 45.9 Å². The SMILES string of the molecule is Cc1ccc(N2C3CCC2CN(C(=O)CCCCc2cccc4ncsc24)C3)nc1. The first-order valence-electron chi connectivity index (χ1n) is 11.0. The maximum atomic E-state index is 12.9. The van der Waals surface area contributed by atoms with Crippen LogP contribution in [-0.2, 0) is 11.2 Å². The average molecular weight is 421 g/mol. The summed E-state index contributed by atoms with van der Waals surface area (Å²) in [6.45, 7) is 3.75. The van der Waals surface area contributed by atoms with E-state index in [-0.39, 0.29) is 0 Å². The molecule has 2 bridgehead atoms. The first-order valence-corrected chi connectivity index (χ1v) is 11.9. The predicted octanol–water partition coefficient (Wildman–Crippen LogP) is 4.59. The lowest BCUT2D eigenvalue weighted by atomic mass is 10.1. The van der Waals surface area contributed by atoms with E-state index >= 15 is 0 Å². The van der Waals surface area contributed by atoms with Crippen LogP contribution < -0.4 is 4.90 Å². The van der Waals surface area contributed by atoms with Crippen LogP contribution in [0.5, 0.6) is 0 Å². The van der Waals surface area contributed by atoms with Crippen molar-refractivity contribution in [3.8, 4) is 0 Å². The zero-order chi connectivity index (χ0) is 20.5. The molecule has 156 valence electrons. The van der Waals surface area contributed by atoms with Crippen LogP contribution in [0.1, 0.15) is 43.2 Å². The van der Waals surface area contributed by atoms with Crippen molar-refractivity contribution in [2.24, 2.45) is 0 Å². The molecule has 0 N–H and O–H groups in total. The van der Waals surface area contributed by atoms with Gasteiger partial charge in [-0.3, -0.25) is 4.79 Å². The Morgan fingerprint density at radius 3 is 2.70 bits per heavy atom. The number of amides is 1. The third-order valence-electron chi connectivity index (χ3n) is 6.52. The number of benzene rings is 1. The molecular formula is C24H28N4OS. The number of anilines is 1. The molecule has 0 radical (unpaired) electrons. The lowest BCUT2D eigenvalue weighted by Crippen LogP contribution is -2.55. The number of nitrogens with zero attached hydrogens (tertiary/aromatic N) is 4. The zero-order valence-corrected chi connectivity index (χ0v) is 18.3. The van der Waals surface area contributed by atoms with Gasteiger partial charge in [0, 0.05) is 37.8 Å². The maximum absolute atomic E-state index is 12.9. The molecule has 2 aliphatic heterocycles. The minimum absolute atomic E-state index is 0.319. The largest absolute Gasteiger partial charge is 0.347 e. The fourth-order valence-electron chi connectivity index (χ4n) is 4.98. The van der Waals surface area contributed by atoms with E-state index in [9.17, 15) is 4.79 Å². The van der Waals surface area contributed by atoms with Gasteiger partial charge in [-0.15, -0.1) is 11.3 Å². The van der Waals surface area contributed by atoms with E-state index in [4.69, 9.17) is 0 Å². The molecule has 0 spiro atoms. The number of aromatic nitrogens is 2. The Kier molecular flexibility index (Phi) is 5.42. The Morgan fingerprint density at radius 2 is 1.93 bits per heavy atom. The van der Waals surface area contributed by atoms with Gasteiger partial charge in [-0.05, 0) is 62.3 Å². The fourth-order valence-corrected chi connectivity index (χ4v) is 5.82. The molecule has 5 rings (SSSR count). The molecular weight excluding hydrogens is 392 g/mol. The van der Waals surface area contributed by atoms with Crippen LogP contribution in [0.25, 0.3) is 10.2 Å². The van der Waals surface area contributed by atoms with Crippen molar-refractivity contribution >= 4 is 33.3 Å². The number of unbranched alkanes of at least 4 members (excludes halogenated alkanes) is 1. The average Bonchev–Trinajstić information content (AvgIpc) is 3.34. The van der Waals surface area contributed by atoms with Gasteiger partial charge in [0.05, 0.1) is 15.7 Å². The number of likely N-dealkylation sites (tertiary alicyclic amines) is 1. The van der Waals surface area contributed by atoms with Gasteiger partial charge >= 0.3 is 0 Å². The highest BCUT2D eigenvalue weighted by atomic mass is 32.1. The van der Waals surface area contributed by atoms with Crippen molar-refractivity contribution in [2.45, 2.75) is 57.5 Å². The number of rotatable bonds is 6.